The van der Waals surface area contributed by atoms with Gasteiger partial charge in [0.1, 0.15) is 5.82 Å². The van der Waals surface area contributed by atoms with Crippen LogP contribution in [0.15, 0.2) is 48.5 Å². The fraction of sp³-hybridized carbons (Fsp3) is 0.235. The fourth-order valence-electron chi connectivity index (χ4n) is 2.07. The summed E-state index contributed by atoms with van der Waals surface area (Å²) >= 11 is 1.73. The minimum absolute atomic E-state index is 0.0721. The van der Waals surface area contributed by atoms with Crippen molar-refractivity contribution in [2.75, 3.05) is 18.1 Å². The van der Waals surface area contributed by atoms with Gasteiger partial charge >= 0.3 is 6.03 Å². The summed E-state index contributed by atoms with van der Waals surface area (Å²) in [6.07, 6.45) is 0.937. The molecule has 0 aliphatic rings. The summed E-state index contributed by atoms with van der Waals surface area (Å²) < 4.78 is 13.5. The van der Waals surface area contributed by atoms with E-state index in [0.717, 1.165) is 5.75 Å². The lowest BCUT2D eigenvalue weighted by Gasteiger charge is -2.13. The van der Waals surface area contributed by atoms with Crippen LogP contribution in [0.4, 0.5) is 14.9 Å². The monoisotopic (exact) mass is 334 g/mol. The number of carbonyl (C=O) groups is 1. The second-order valence-electron chi connectivity index (χ2n) is 5.00. The Labute approximate surface area is 139 Å². The van der Waals surface area contributed by atoms with Gasteiger partial charge in [0, 0.05) is 23.5 Å². The molecule has 2 aromatic carbocycles. The zero-order chi connectivity index (χ0) is 16.7. The van der Waals surface area contributed by atoms with Crippen molar-refractivity contribution in [2.45, 2.75) is 11.9 Å². The van der Waals surface area contributed by atoms with Crippen LogP contribution in [-0.2, 0) is 5.75 Å². The van der Waals surface area contributed by atoms with Crippen molar-refractivity contribution in [2.24, 2.45) is 0 Å². The molecule has 0 heterocycles. The van der Waals surface area contributed by atoms with E-state index in [0.29, 0.717) is 5.69 Å². The number of amides is 2. The molecule has 6 heteroatoms. The first-order valence-corrected chi connectivity index (χ1v) is 8.54. The molecule has 3 N–H and O–H groups in total. The van der Waals surface area contributed by atoms with Crippen molar-refractivity contribution >= 4 is 23.5 Å². The maximum absolute atomic E-state index is 13.5. The molecule has 4 nitrogen and oxygen atoms in total. The van der Waals surface area contributed by atoms with Crippen molar-refractivity contribution in [3.05, 3.63) is 65.5 Å². The summed E-state index contributed by atoms with van der Waals surface area (Å²) in [6, 6.07) is 13.0. The summed E-state index contributed by atoms with van der Waals surface area (Å²) in [5, 5.41) is 15.1. The lowest BCUT2D eigenvalue weighted by atomic mass is 10.1. The van der Waals surface area contributed by atoms with E-state index < -0.39 is 18.0 Å². The Morgan fingerprint density at radius 1 is 1.22 bits per heavy atom. The zero-order valence-corrected chi connectivity index (χ0v) is 13.6. The molecule has 0 bridgehead atoms. The van der Waals surface area contributed by atoms with Crippen LogP contribution in [0.1, 0.15) is 17.2 Å². The molecule has 0 aliphatic heterocycles. The third-order valence-corrected chi connectivity index (χ3v) is 3.87. The first-order valence-electron chi connectivity index (χ1n) is 7.15. The zero-order valence-electron chi connectivity index (χ0n) is 12.8. The maximum atomic E-state index is 13.5. The molecular weight excluding hydrogens is 315 g/mol. The summed E-state index contributed by atoms with van der Waals surface area (Å²) in [5.41, 5.74) is 2.00. The standard InChI is InChI=1S/C17H19FN2O2S/c1-23-11-12-6-8-13(9-7-12)20-17(22)19-10-16(21)14-4-2-3-5-15(14)18/h2-9,16,21H,10-11H2,1H3,(H2,19,20,22). The Hall–Kier alpha value is -2.05. The summed E-state index contributed by atoms with van der Waals surface area (Å²) in [4.78, 5) is 11.8. The van der Waals surface area contributed by atoms with Crippen LogP contribution in [0.25, 0.3) is 0 Å². The van der Waals surface area contributed by atoms with Crippen LogP contribution in [0.2, 0.25) is 0 Å². The first-order chi connectivity index (χ1) is 11.1. The van der Waals surface area contributed by atoms with Crippen molar-refractivity contribution in [1.82, 2.24) is 5.32 Å². The van der Waals surface area contributed by atoms with E-state index in [1.54, 1.807) is 23.9 Å². The molecule has 0 saturated heterocycles. The van der Waals surface area contributed by atoms with E-state index in [-0.39, 0.29) is 12.1 Å². The van der Waals surface area contributed by atoms with Crippen LogP contribution in [0, 0.1) is 5.82 Å². The predicted molar refractivity (Wildman–Crippen MR) is 92.0 cm³/mol. The summed E-state index contributed by atoms with van der Waals surface area (Å²) in [6.45, 7) is -0.0721. The predicted octanol–water partition coefficient (Wildman–Crippen LogP) is 3.54. The number of anilines is 1. The van der Waals surface area contributed by atoms with Gasteiger partial charge in [-0.25, -0.2) is 9.18 Å². The van der Waals surface area contributed by atoms with E-state index >= 15 is 0 Å². The Bertz CT molecular complexity index is 649. The average molecular weight is 334 g/mol. The number of thioether (sulfide) groups is 1. The van der Waals surface area contributed by atoms with Gasteiger partial charge < -0.3 is 15.7 Å². The maximum Gasteiger partial charge on any atom is 0.319 e. The number of hydrogen-bond acceptors (Lipinski definition) is 3. The Morgan fingerprint density at radius 2 is 1.91 bits per heavy atom. The SMILES string of the molecule is CSCc1ccc(NC(=O)NCC(O)c2ccccc2F)cc1. The Balaban J connectivity index is 1.84. The molecule has 23 heavy (non-hydrogen) atoms. The highest BCUT2D eigenvalue weighted by Gasteiger charge is 2.13. The van der Waals surface area contributed by atoms with E-state index in [1.807, 2.05) is 30.5 Å². The quantitative estimate of drug-likeness (QED) is 0.757. The summed E-state index contributed by atoms with van der Waals surface area (Å²) in [5.74, 6) is 0.424. The lowest BCUT2D eigenvalue weighted by Crippen LogP contribution is -2.32. The van der Waals surface area contributed by atoms with E-state index in [2.05, 4.69) is 10.6 Å². The molecular formula is C17H19FN2O2S. The molecule has 122 valence electrons. The molecule has 0 aliphatic carbocycles. The van der Waals surface area contributed by atoms with Gasteiger partial charge in [-0.3, -0.25) is 0 Å². The summed E-state index contributed by atoms with van der Waals surface area (Å²) in [7, 11) is 0. The molecule has 1 unspecified atom stereocenters. The lowest BCUT2D eigenvalue weighted by molar-refractivity contribution is 0.170. The van der Waals surface area contributed by atoms with Crippen molar-refractivity contribution < 1.29 is 14.3 Å². The second-order valence-corrected chi connectivity index (χ2v) is 5.87. The number of rotatable bonds is 6. The minimum Gasteiger partial charge on any atom is -0.386 e. The number of nitrogens with one attached hydrogen (secondary N) is 2. The van der Waals surface area contributed by atoms with Gasteiger partial charge in [0.05, 0.1) is 6.10 Å². The van der Waals surface area contributed by atoms with Gasteiger partial charge in [0.15, 0.2) is 0 Å². The second kappa shape index (κ2) is 8.55. The molecule has 0 fully saturated rings. The van der Waals surface area contributed by atoms with Crippen molar-refractivity contribution in [3.63, 3.8) is 0 Å². The highest BCUT2D eigenvalue weighted by Crippen LogP contribution is 2.16. The van der Waals surface area contributed by atoms with E-state index in [1.165, 1.54) is 17.7 Å². The fourth-order valence-corrected chi connectivity index (χ4v) is 2.60. The number of benzene rings is 2. The average Bonchev–Trinajstić information content (AvgIpc) is 2.55. The largest absolute Gasteiger partial charge is 0.386 e. The third-order valence-electron chi connectivity index (χ3n) is 3.24. The minimum atomic E-state index is -1.09. The molecule has 0 radical (unpaired) electrons. The van der Waals surface area contributed by atoms with Crippen LogP contribution in [0.3, 0.4) is 0 Å². The smallest absolute Gasteiger partial charge is 0.319 e. The number of urea groups is 1. The van der Waals surface area contributed by atoms with Crippen LogP contribution < -0.4 is 10.6 Å². The number of carbonyl (C=O) groups excluding carboxylic acids is 1. The van der Waals surface area contributed by atoms with Crippen molar-refractivity contribution in [3.8, 4) is 0 Å². The normalized spacial score (nSPS) is 11.8. The molecule has 0 saturated carbocycles. The Morgan fingerprint density at radius 3 is 2.57 bits per heavy atom. The van der Waals surface area contributed by atoms with Gasteiger partial charge in [-0.15, -0.1) is 0 Å². The van der Waals surface area contributed by atoms with Gasteiger partial charge in [0.2, 0.25) is 0 Å². The van der Waals surface area contributed by atoms with Gasteiger partial charge in [-0.05, 0) is 30.0 Å². The third kappa shape index (κ3) is 5.26. The number of halogens is 1. The van der Waals surface area contributed by atoms with E-state index in [4.69, 9.17) is 0 Å². The van der Waals surface area contributed by atoms with Gasteiger partial charge in [-0.2, -0.15) is 11.8 Å². The number of aliphatic hydroxyl groups is 1. The highest BCUT2D eigenvalue weighted by atomic mass is 32.2. The highest BCUT2D eigenvalue weighted by molar-refractivity contribution is 7.97. The molecule has 0 spiro atoms. The molecule has 2 aromatic rings. The first kappa shape index (κ1) is 17.3. The van der Waals surface area contributed by atoms with Crippen LogP contribution >= 0.6 is 11.8 Å². The Kier molecular flexibility index (Phi) is 6.43. The van der Waals surface area contributed by atoms with Crippen LogP contribution in [0.5, 0.6) is 0 Å². The topological polar surface area (TPSA) is 61.4 Å². The van der Waals surface area contributed by atoms with Gasteiger partial charge in [-0.1, -0.05) is 30.3 Å². The number of hydrogen-bond donors (Lipinski definition) is 3. The molecule has 0 aromatic heterocycles. The number of aliphatic hydroxyl groups excluding tert-OH is 1. The van der Waals surface area contributed by atoms with Gasteiger partial charge in [0.25, 0.3) is 0 Å². The van der Waals surface area contributed by atoms with E-state index in [9.17, 15) is 14.3 Å². The molecule has 2 amide bonds. The van der Waals surface area contributed by atoms with Crippen molar-refractivity contribution in [1.29, 1.82) is 0 Å². The molecule has 2 rings (SSSR count). The molecule has 1 atom stereocenters. The van der Waals surface area contributed by atoms with Crippen LogP contribution in [-0.4, -0.2) is 23.9 Å².